The van der Waals surface area contributed by atoms with Gasteiger partial charge >= 0.3 is 0 Å². The minimum absolute atomic E-state index is 0.0810. The van der Waals surface area contributed by atoms with Crippen LogP contribution in [0.25, 0.3) is 0 Å². The minimum Gasteiger partial charge on any atom is -0.270 e. The second kappa shape index (κ2) is 3.19. The number of carbonyl (C=O) groups excluding carboxylic acids is 1. The monoisotopic (exact) mass is 159 g/mol. The lowest BCUT2D eigenvalue weighted by atomic mass is 10.3. The molecule has 0 N–H and O–H groups in total. The lowest BCUT2D eigenvalue weighted by molar-refractivity contribution is -0.318. The van der Waals surface area contributed by atoms with Crippen LogP contribution in [0, 0.1) is 11.8 Å². The molecule has 11 heavy (non-hydrogen) atoms. The first kappa shape index (κ1) is 8.49. The molecule has 1 aliphatic rings. The Labute approximate surface area is 66.0 Å². The van der Waals surface area contributed by atoms with Crippen LogP contribution in [-0.4, -0.2) is 25.4 Å². The van der Waals surface area contributed by atoms with E-state index in [4.69, 9.17) is 0 Å². The smallest absolute Gasteiger partial charge is 0.270 e. The average molecular weight is 159 g/mol. The summed E-state index contributed by atoms with van der Waals surface area (Å²) in [6, 6.07) is 0. The van der Waals surface area contributed by atoms with Crippen LogP contribution in [-0.2, 0) is 14.5 Å². The normalized spacial score (nSPS) is 28.3. The molecule has 0 aromatic rings. The van der Waals surface area contributed by atoms with Crippen LogP contribution in [0.1, 0.15) is 13.3 Å². The molecule has 1 aliphatic carbocycles. The van der Waals surface area contributed by atoms with Crippen LogP contribution in [0.2, 0.25) is 0 Å². The van der Waals surface area contributed by atoms with Gasteiger partial charge in [-0.2, -0.15) is 0 Å². The molecule has 64 valence electrons. The molecule has 0 aliphatic heterocycles. The summed E-state index contributed by atoms with van der Waals surface area (Å²) >= 11 is 0. The summed E-state index contributed by atoms with van der Waals surface area (Å²) in [5.41, 5.74) is 0. The van der Waals surface area contributed by atoms with Gasteiger partial charge in [0.15, 0.2) is 0 Å². The highest BCUT2D eigenvalue weighted by molar-refractivity contribution is 5.79. The number of nitrogens with zero attached hydrogens (tertiary/aromatic N) is 1. The van der Waals surface area contributed by atoms with Crippen LogP contribution in [0.4, 0.5) is 0 Å². The van der Waals surface area contributed by atoms with E-state index in [1.54, 1.807) is 0 Å². The van der Waals surface area contributed by atoms with Gasteiger partial charge in [-0.15, -0.1) is 0 Å². The van der Waals surface area contributed by atoms with E-state index in [-0.39, 0.29) is 11.8 Å². The molecule has 0 bridgehead atoms. The average Bonchev–Trinajstić information content (AvgIpc) is 2.69. The van der Waals surface area contributed by atoms with E-state index >= 15 is 0 Å². The molecule has 0 unspecified atom stereocenters. The highest BCUT2D eigenvalue weighted by atomic mass is 16.9. The van der Waals surface area contributed by atoms with Crippen molar-refractivity contribution in [3.63, 3.8) is 0 Å². The van der Waals surface area contributed by atoms with E-state index in [0.29, 0.717) is 5.92 Å². The molecule has 4 nitrogen and oxygen atoms in total. The van der Waals surface area contributed by atoms with Crippen molar-refractivity contribution in [3.05, 3.63) is 0 Å². The quantitative estimate of drug-likeness (QED) is 0.566. The first-order chi connectivity index (χ1) is 5.20. The van der Waals surface area contributed by atoms with Crippen molar-refractivity contribution in [3.8, 4) is 0 Å². The van der Waals surface area contributed by atoms with Crippen molar-refractivity contribution in [2.24, 2.45) is 11.8 Å². The van der Waals surface area contributed by atoms with E-state index in [2.05, 4.69) is 9.68 Å². The number of rotatable bonds is 3. The van der Waals surface area contributed by atoms with Crippen molar-refractivity contribution < 1.29 is 14.5 Å². The van der Waals surface area contributed by atoms with Crippen molar-refractivity contribution in [1.82, 2.24) is 5.23 Å². The van der Waals surface area contributed by atoms with E-state index in [0.717, 1.165) is 11.6 Å². The first-order valence-electron chi connectivity index (χ1n) is 3.63. The summed E-state index contributed by atoms with van der Waals surface area (Å²) in [5.74, 6) is 0.507. The summed E-state index contributed by atoms with van der Waals surface area (Å²) in [6.07, 6.45) is 0.946. The Morgan fingerprint density at radius 2 is 1.91 bits per heavy atom. The van der Waals surface area contributed by atoms with Crippen molar-refractivity contribution >= 4 is 5.91 Å². The highest BCUT2D eigenvalue weighted by Crippen LogP contribution is 2.39. The topological polar surface area (TPSA) is 38.8 Å². The fourth-order valence-corrected chi connectivity index (χ4v) is 1.06. The summed E-state index contributed by atoms with van der Waals surface area (Å²) in [4.78, 5) is 20.6. The summed E-state index contributed by atoms with van der Waals surface area (Å²) in [7, 11) is 2.82. The van der Waals surface area contributed by atoms with Gasteiger partial charge in [-0.05, 0) is 12.3 Å². The third-order valence-corrected chi connectivity index (χ3v) is 1.94. The van der Waals surface area contributed by atoms with Gasteiger partial charge < -0.3 is 0 Å². The predicted molar refractivity (Wildman–Crippen MR) is 38.1 cm³/mol. The molecule has 0 spiro atoms. The first-order valence-corrected chi connectivity index (χ1v) is 3.63. The maximum absolute atomic E-state index is 11.3. The number of hydroxylamine groups is 2. The highest BCUT2D eigenvalue weighted by Gasteiger charge is 2.42. The number of hydrogen-bond acceptors (Lipinski definition) is 3. The molecule has 0 radical (unpaired) electrons. The fraction of sp³-hybridized carbons (Fsp3) is 0.857. The van der Waals surface area contributed by atoms with Gasteiger partial charge in [0, 0.05) is 5.92 Å². The lowest BCUT2D eigenvalue weighted by Crippen LogP contribution is -2.30. The molecule has 1 fully saturated rings. The van der Waals surface area contributed by atoms with E-state index < -0.39 is 0 Å². The zero-order chi connectivity index (χ0) is 8.43. The fourth-order valence-electron chi connectivity index (χ4n) is 1.06. The van der Waals surface area contributed by atoms with Crippen molar-refractivity contribution in [2.75, 3.05) is 14.2 Å². The molecule has 0 heterocycles. The number of carbonyl (C=O) groups is 1. The summed E-state index contributed by atoms with van der Waals surface area (Å²) in [5, 5.41) is 0.925. The van der Waals surface area contributed by atoms with Gasteiger partial charge in [-0.1, -0.05) is 12.2 Å². The van der Waals surface area contributed by atoms with Gasteiger partial charge in [-0.3, -0.25) is 4.79 Å². The Morgan fingerprint density at radius 1 is 1.45 bits per heavy atom. The SMILES string of the molecule is CON(OC)C(=O)[C@H]1C[C@H]1C. The minimum atomic E-state index is -0.0810. The zero-order valence-corrected chi connectivity index (χ0v) is 7.03. The van der Waals surface area contributed by atoms with Gasteiger partial charge in [0.05, 0.1) is 14.2 Å². The number of hydrogen-bond donors (Lipinski definition) is 0. The van der Waals surface area contributed by atoms with Gasteiger partial charge in [-0.25, -0.2) is 9.68 Å². The van der Waals surface area contributed by atoms with Crippen molar-refractivity contribution in [2.45, 2.75) is 13.3 Å². The largest absolute Gasteiger partial charge is 0.276 e. The van der Waals surface area contributed by atoms with Crippen molar-refractivity contribution in [1.29, 1.82) is 0 Å². The van der Waals surface area contributed by atoms with Crippen LogP contribution in [0.5, 0.6) is 0 Å². The van der Waals surface area contributed by atoms with Crippen LogP contribution < -0.4 is 0 Å². The van der Waals surface area contributed by atoms with E-state index in [9.17, 15) is 4.79 Å². The zero-order valence-electron chi connectivity index (χ0n) is 7.03. The maximum Gasteiger partial charge on any atom is 0.276 e. The van der Waals surface area contributed by atoms with Gasteiger partial charge in [0.2, 0.25) is 0 Å². The second-order valence-electron chi connectivity index (χ2n) is 2.78. The summed E-state index contributed by atoms with van der Waals surface area (Å²) in [6.45, 7) is 2.03. The maximum atomic E-state index is 11.3. The third kappa shape index (κ3) is 1.70. The Hall–Kier alpha value is -0.610. The van der Waals surface area contributed by atoms with E-state index in [1.165, 1.54) is 14.2 Å². The third-order valence-electron chi connectivity index (χ3n) is 1.94. The molecule has 1 saturated carbocycles. The molecule has 1 amide bonds. The van der Waals surface area contributed by atoms with Crippen LogP contribution in [0.15, 0.2) is 0 Å². The molecular weight excluding hydrogens is 146 g/mol. The van der Waals surface area contributed by atoms with Gasteiger partial charge in [0.25, 0.3) is 5.91 Å². The Balaban J connectivity index is 2.39. The van der Waals surface area contributed by atoms with Crippen LogP contribution in [0.3, 0.4) is 0 Å². The van der Waals surface area contributed by atoms with E-state index in [1.807, 2.05) is 6.92 Å². The Morgan fingerprint density at radius 3 is 2.18 bits per heavy atom. The molecule has 0 saturated heterocycles. The Kier molecular flexibility index (Phi) is 2.46. The molecule has 4 heteroatoms. The Bertz CT molecular complexity index is 156. The molecule has 2 atom stereocenters. The predicted octanol–water partition coefficient (Wildman–Crippen LogP) is 0.594. The standard InChI is InChI=1S/C7H13NO3/c1-5-4-6(5)7(9)8(10-2)11-3/h5-6H,4H2,1-3H3/t5-,6+/m1/s1. The molecule has 1 rings (SSSR count). The number of amides is 1. The molecule has 0 aromatic carbocycles. The van der Waals surface area contributed by atoms with Gasteiger partial charge in [0.1, 0.15) is 0 Å². The van der Waals surface area contributed by atoms with Crippen LogP contribution >= 0.6 is 0 Å². The second-order valence-corrected chi connectivity index (χ2v) is 2.78. The molecular formula is C7H13NO3. The summed E-state index contributed by atoms with van der Waals surface area (Å²) < 4.78 is 0. The molecule has 0 aromatic heterocycles. The lowest BCUT2D eigenvalue weighted by Gasteiger charge is -2.15.